The van der Waals surface area contributed by atoms with Crippen molar-refractivity contribution >= 4 is 27.6 Å². The Labute approximate surface area is 119 Å². The number of anilines is 1. The van der Waals surface area contributed by atoms with Gasteiger partial charge in [0.2, 0.25) is 0 Å². The largest absolute Gasteiger partial charge is 0.508 e. The highest BCUT2D eigenvalue weighted by atomic mass is 32.2. The minimum Gasteiger partial charge on any atom is -0.508 e. The second-order valence-electron chi connectivity index (χ2n) is 4.03. The van der Waals surface area contributed by atoms with Gasteiger partial charge < -0.3 is 10.2 Å². The number of nitrogens with one attached hydrogen (secondary N) is 1. The number of carbonyl (C=O) groups is 1. The lowest BCUT2D eigenvalue weighted by atomic mass is 10.2. The summed E-state index contributed by atoms with van der Waals surface area (Å²) in [4.78, 5) is 20.4. The Hall–Kier alpha value is -2.40. The van der Waals surface area contributed by atoms with Crippen LogP contribution in [0.25, 0.3) is 0 Å². The summed E-state index contributed by atoms with van der Waals surface area (Å²) in [5.74, 6) is -1.56. The van der Waals surface area contributed by atoms with E-state index in [0.29, 0.717) is 0 Å². The molecule has 3 N–H and O–H groups in total. The summed E-state index contributed by atoms with van der Waals surface area (Å²) >= 11 is 0. The predicted octanol–water partition coefficient (Wildman–Crippen LogP) is 0.364. The second-order valence-corrected chi connectivity index (χ2v) is 5.81. The molecule has 1 aromatic rings. The van der Waals surface area contributed by atoms with Gasteiger partial charge in [-0.3, -0.25) is 19.6 Å². The van der Waals surface area contributed by atoms with E-state index in [1.165, 1.54) is 0 Å². The van der Waals surface area contributed by atoms with Gasteiger partial charge in [0.15, 0.2) is 0 Å². The summed E-state index contributed by atoms with van der Waals surface area (Å²) in [7, 11) is -3.01. The third kappa shape index (κ3) is 4.57. The van der Waals surface area contributed by atoms with Gasteiger partial charge in [0, 0.05) is 13.6 Å². The summed E-state index contributed by atoms with van der Waals surface area (Å²) in [6.07, 6.45) is -0.408. The Balaban J connectivity index is 2.99. The molecule has 0 aliphatic rings. The number of phenols is 1. The van der Waals surface area contributed by atoms with Gasteiger partial charge in [-0.1, -0.05) is 0 Å². The summed E-state index contributed by atoms with van der Waals surface area (Å²) in [5, 5.41) is 28.5. The number of rotatable bonds is 7. The number of nitrogens with zero attached hydrogens (tertiary/aromatic N) is 2. The van der Waals surface area contributed by atoms with Gasteiger partial charge in [0.05, 0.1) is 17.4 Å². The molecule has 0 bridgehead atoms. The molecule has 116 valence electrons. The van der Waals surface area contributed by atoms with Crippen LogP contribution in [0, 0.1) is 10.1 Å². The second kappa shape index (κ2) is 6.37. The average Bonchev–Trinajstić information content (AvgIpc) is 2.37. The SMILES string of the molecule is CN(CCC(=O)O)S(=O)(=O)Nc1ccc(O)cc1[N+](=O)[O-]. The first kappa shape index (κ1) is 16.7. The molecule has 0 unspecified atom stereocenters. The first-order valence-electron chi connectivity index (χ1n) is 5.57. The lowest BCUT2D eigenvalue weighted by molar-refractivity contribution is -0.384. The molecule has 0 saturated carbocycles. The van der Waals surface area contributed by atoms with Crippen LogP contribution < -0.4 is 4.72 Å². The highest BCUT2D eigenvalue weighted by Gasteiger charge is 2.23. The van der Waals surface area contributed by atoms with Crippen LogP contribution in [0.4, 0.5) is 11.4 Å². The quantitative estimate of drug-likeness (QED) is 0.373. The van der Waals surface area contributed by atoms with Crippen molar-refractivity contribution in [1.82, 2.24) is 4.31 Å². The number of aliphatic carboxylic acids is 1. The standard InChI is InChI=1S/C10H13N3O7S/c1-12(5-4-10(15)16)21(19,20)11-8-3-2-7(14)6-9(8)13(17)18/h2-3,6,11,14H,4-5H2,1H3,(H,15,16). The maximum atomic E-state index is 11.9. The van der Waals surface area contributed by atoms with Crippen LogP contribution in [0.3, 0.4) is 0 Å². The van der Waals surface area contributed by atoms with Gasteiger partial charge in [-0.2, -0.15) is 12.7 Å². The van der Waals surface area contributed by atoms with Crippen LogP contribution in [-0.4, -0.2) is 47.4 Å². The van der Waals surface area contributed by atoms with Gasteiger partial charge in [0.1, 0.15) is 11.4 Å². The van der Waals surface area contributed by atoms with Crippen molar-refractivity contribution in [2.24, 2.45) is 0 Å². The van der Waals surface area contributed by atoms with Crippen molar-refractivity contribution < 1.29 is 28.3 Å². The number of nitro groups is 1. The lowest BCUT2D eigenvalue weighted by Crippen LogP contribution is -2.34. The molecule has 0 aromatic heterocycles. The number of nitro benzene ring substituents is 1. The number of carboxylic acids is 1. The van der Waals surface area contributed by atoms with Crippen LogP contribution in [0.5, 0.6) is 5.75 Å². The van der Waals surface area contributed by atoms with E-state index in [4.69, 9.17) is 5.11 Å². The van der Waals surface area contributed by atoms with E-state index in [1.807, 2.05) is 4.72 Å². The van der Waals surface area contributed by atoms with Crippen molar-refractivity contribution in [3.05, 3.63) is 28.3 Å². The predicted molar refractivity (Wildman–Crippen MR) is 72.2 cm³/mol. The van der Waals surface area contributed by atoms with E-state index >= 15 is 0 Å². The molecule has 0 fully saturated rings. The number of carboxylic acid groups (broad SMARTS) is 1. The van der Waals surface area contributed by atoms with Crippen LogP contribution >= 0.6 is 0 Å². The van der Waals surface area contributed by atoms with Crippen LogP contribution in [0.2, 0.25) is 0 Å². The Morgan fingerprint density at radius 2 is 2.10 bits per heavy atom. The summed E-state index contributed by atoms with van der Waals surface area (Å²) in [6, 6.07) is 2.92. The smallest absolute Gasteiger partial charge is 0.304 e. The third-order valence-electron chi connectivity index (χ3n) is 2.47. The fraction of sp³-hybridized carbons (Fsp3) is 0.300. The Morgan fingerprint density at radius 1 is 1.48 bits per heavy atom. The summed E-state index contributed by atoms with van der Waals surface area (Å²) in [5.41, 5.74) is -0.954. The number of hydrogen-bond acceptors (Lipinski definition) is 6. The number of hydrogen-bond donors (Lipinski definition) is 3. The van der Waals surface area contributed by atoms with Gasteiger partial charge >= 0.3 is 16.2 Å². The van der Waals surface area contributed by atoms with Gasteiger partial charge in [0.25, 0.3) is 5.69 Å². The molecule has 0 aliphatic carbocycles. The number of phenolic OH excluding ortho intramolecular Hbond substituents is 1. The highest BCUT2D eigenvalue weighted by molar-refractivity contribution is 7.90. The molecule has 0 amide bonds. The Bertz CT molecular complexity index is 659. The first-order chi connectivity index (χ1) is 9.63. The Kier molecular flexibility index (Phi) is 5.05. The van der Waals surface area contributed by atoms with E-state index in [1.54, 1.807) is 0 Å². The summed E-state index contributed by atoms with van der Waals surface area (Å²) in [6.45, 7) is -0.295. The zero-order valence-corrected chi connectivity index (χ0v) is 11.7. The fourth-order valence-electron chi connectivity index (χ4n) is 1.35. The molecular formula is C10H13N3O7S. The van der Waals surface area contributed by atoms with Gasteiger partial charge in [-0.05, 0) is 12.1 Å². The molecule has 10 nitrogen and oxygen atoms in total. The maximum Gasteiger partial charge on any atom is 0.304 e. The fourth-order valence-corrected chi connectivity index (χ4v) is 2.29. The van der Waals surface area contributed by atoms with E-state index in [9.17, 15) is 28.4 Å². The highest BCUT2D eigenvalue weighted by Crippen LogP contribution is 2.29. The first-order valence-corrected chi connectivity index (χ1v) is 7.01. The van der Waals surface area contributed by atoms with Crippen LogP contribution in [-0.2, 0) is 15.0 Å². The normalized spacial score (nSPS) is 11.3. The van der Waals surface area contributed by atoms with E-state index in [-0.39, 0.29) is 18.0 Å². The Morgan fingerprint density at radius 3 is 2.62 bits per heavy atom. The molecule has 11 heteroatoms. The maximum absolute atomic E-state index is 11.9. The van der Waals surface area contributed by atoms with Crippen molar-refractivity contribution in [2.75, 3.05) is 18.3 Å². The zero-order valence-electron chi connectivity index (χ0n) is 10.9. The monoisotopic (exact) mass is 319 g/mol. The minimum atomic E-state index is -4.14. The molecule has 1 rings (SSSR count). The van der Waals surface area contributed by atoms with Gasteiger partial charge in [-0.25, -0.2) is 0 Å². The minimum absolute atomic E-state index is 0.295. The number of aromatic hydroxyl groups is 1. The van der Waals surface area contributed by atoms with E-state index < -0.39 is 33.2 Å². The zero-order chi connectivity index (χ0) is 16.2. The van der Waals surface area contributed by atoms with Crippen molar-refractivity contribution in [3.8, 4) is 5.75 Å². The molecule has 0 saturated heterocycles. The topological polar surface area (TPSA) is 150 Å². The van der Waals surface area contributed by atoms with E-state index in [2.05, 4.69) is 0 Å². The third-order valence-corrected chi connectivity index (χ3v) is 3.95. The molecule has 0 heterocycles. The average molecular weight is 319 g/mol. The molecule has 21 heavy (non-hydrogen) atoms. The molecule has 0 radical (unpaired) electrons. The van der Waals surface area contributed by atoms with Crippen LogP contribution in [0.1, 0.15) is 6.42 Å². The molecular weight excluding hydrogens is 306 g/mol. The lowest BCUT2D eigenvalue weighted by Gasteiger charge is -2.17. The molecule has 1 aromatic carbocycles. The number of benzene rings is 1. The van der Waals surface area contributed by atoms with Crippen molar-refractivity contribution in [2.45, 2.75) is 6.42 Å². The molecule has 0 spiro atoms. The molecule has 0 aliphatic heterocycles. The van der Waals surface area contributed by atoms with Crippen molar-refractivity contribution in [1.29, 1.82) is 0 Å². The van der Waals surface area contributed by atoms with Crippen LogP contribution in [0.15, 0.2) is 18.2 Å². The van der Waals surface area contributed by atoms with Gasteiger partial charge in [-0.15, -0.1) is 0 Å². The van der Waals surface area contributed by atoms with Crippen molar-refractivity contribution in [3.63, 3.8) is 0 Å². The summed E-state index contributed by atoms with van der Waals surface area (Å²) < 4.78 is 26.5. The van der Waals surface area contributed by atoms with E-state index in [0.717, 1.165) is 29.6 Å². The molecule has 0 atom stereocenters.